The van der Waals surface area contributed by atoms with E-state index in [2.05, 4.69) is 0 Å². The first-order valence-corrected chi connectivity index (χ1v) is 10.4. The van der Waals surface area contributed by atoms with Crippen molar-refractivity contribution >= 4 is 17.6 Å². The molecular formula is C27H28O5. The second-order valence-corrected chi connectivity index (χ2v) is 8.32. The summed E-state index contributed by atoms with van der Waals surface area (Å²) < 4.78 is 5.33. The van der Waals surface area contributed by atoms with Crippen molar-refractivity contribution in [1.29, 1.82) is 0 Å². The number of ether oxygens (including phenoxy) is 1. The number of aromatic hydroxyl groups is 2. The van der Waals surface area contributed by atoms with Crippen LogP contribution in [0.25, 0.3) is 11.6 Å². The average Bonchev–Trinajstić information content (AvgIpc) is 3.00. The van der Waals surface area contributed by atoms with Gasteiger partial charge in [0.1, 0.15) is 17.1 Å². The summed E-state index contributed by atoms with van der Waals surface area (Å²) in [6.45, 7) is 7.91. The Morgan fingerprint density at radius 1 is 0.844 bits per heavy atom. The maximum absolute atomic E-state index is 12.5. The smallest absolute Gasteiger partial charge is 0.348 e. The van der Waals surface area contributed by atoms with Crippen LogP contribution in [-0.4, -0.2) is 21.3 Å². The zero-order chi connectivity index (χ0) is 23.4. The van der Waals surface area contributed by atoms with Crippen LogP contribution in [0, 0.1) is 0 Å². The van der Waals surface area contributed by atoms with Crippen LogP contribution >= 0.6 is 0 Å². The minimum atomic E-state index is -0.656. The van der Waals surface area contributed by atoms with Crippen LogP contribution in [0.15, 0.2) is 71.2 Å². The lowest BCUT2D eigenvalue weighted by Crippen LogP contribution is -1.99. The van der Waals surface area contributed by atoms with Gasteiger partial charge in [0.2, 0.25) is 0 Å². The first-order valence-electron chi connectivity index (χ1n) is 10.4. The van der Waals surface area contributed by atoms with Crippen molar-refractivity contribution in [3.05, 3.63) is 93.5 Å². The molecule has 0 amide bonds. The highest BCUT2D eigenvalue weighted by molar-refractivity contribution is 6.21. The molecule has 5 heteroatoms. The highest BCUT2D eigenvalue weighted by atomic mass is 16.6. The predicted octanol–water partition coefficient (Wildman–Crippen LogP) is 5.98. The van der Waals surface area contributed by atoms with E-state index >= 15 is 0 Å². The number of carbonyl (C=O) groups is 1. The second kappa shape index (κ2) is 9.60. The number of esters is 1. The molecule has 2 aromatic rings. The molecule has 0 aliphatic carbocycles. The van der Waals surface area contributed by atoms with E-state index in [0.717, 1.165) is 16.7 Å². The van der Waals surface area contributed by atoms with Gasteiger partial charge in [0.05, 0.1) is 0 Å². The number of allylic oxidation sites excluding steroid dienone is 4. The van der Waals surface area contributed by atoms with Gasteiger partial charge in [-0.1, -0.05) is 35.4 Å². The maximum atomic E-state index is 12.5. The zero-order valence-corrected chi connectivity index (χ0v) is 18.8. The number of phenols is 2. The van der Waals surface area contributed by atoms with E-state index in [1.807, 2.05) is 39.8 Å². The van der Waals surface area contributed by atoms with E-state index in [1.165, 1.54) is 6.07 Å². The lowest BCUT2D eigenvalue weighted by molar-refractivity contribution is -0.131. The predicted molar refractivity (Wildman–Crippen MR) is 126 cm³/mol. The van der Waals surface area contributed by atoms with Crippen molar-refractivity contribution in [2.75, 3.05) is 0 Å². The molecule has 1 aliphatic heterocycles. The van der Waals surface area contributed by atoms with Gasteiger partial charge in [-0.15, -0.1) is 0 Å². The number of aliphatic hydroxyl groups is 1. The monoisotopic (exact) mass is 432 g/mol. The molecule has 0 bridgehead atoms. The third-order valence-electron chi connectivity index (χ3n) is 5.11. The lowest BCUT2D eigenvalue weighted by Gasteiger charge is -2.06. The number of hydrogen-bond donors (Lipinski definition) is 3. The number of hydrogen-bond acceptors (Lipinski definition) is 5. The molecule has 0 spiro atoms. The number of cyclic esters (lactones) is 1. The molecule has 166 valence electrons. The minimum absolute atomic E-state index is 0.0442. The lowest BCUT2D eigenvalue weighted by atomic mass is 9.99. The van der Waals surface area contributed by atoms with Crippen LogP contribution in [0.3, 0.4) is 0 Å². The molecule has 0 unspecified atom stereocenters. The fourth-order valence-electron chi connectivity index (χ4n) is 3.31. The van der Waals surface area contributed by atoms with Gasteiger partial charge in [0.15, 0.2) is 11.5 Å². The maximum Gasteiger partial charge on any atom is 0.348 e. The third-order valence-corrected chi connectivity index (χ3v) is 5.11. The quantitative estimate of drug-likeness (QED) is 0.386. The van der Waals surface area contributed by atoms with Crippen molar-refractivity contribution in [3.63, 3.8) is 0 Å². The third kappa shape index (κ3) is 5.30. The first-order chi connectivity index (χ1) is 15.2. The van der Waals surface area contributed by atoms with E-state index in [-0.39, 0.29) is 28.6 Å². The molecule has 2 aromatic carbocycles. The second-order valence-electron chi connectivity index (χ2n) is 8.32. The summed E-state index contributed by atoms with van der Waals surface area (Å²) in [5.74, 6) is -0.560. The number of aliphatic hydroxyl groups excluding tert-OH is 1. The Morgan fingerprint density at radius 2 is 1.41 bits per heavy atom. The average molecular weight is 433 g/mol. The van der Waals surface area contributed by atoms with Crippen LogP contribution in [0.2, 0.25) is 0 Å². The number of benzene rings is 2. The van der Waals surface area contributed by atoms with Gasteiger partial charge >= 0.3 is 5.97 Å². The van der Waals surface area contributed by atoms with Gasteiger partial charge < -0.3 is 20.1 Å². The molecule has 0 saturated heterocycles. The van der Waals surface area contributed by atoms with E-state index in [9.17, 15) is 20.1 Å². The fourth-order valence-corrected chi connectivity index (χ4v) is 3.31. The van der Waals surface area contributed by atoms with Crippen LogP contribution < -0.4 is 0 Å². The number of rotatable bonds is 6. The summed E-state index contributed by atoms with van der Waals surface area (Å²) in [6, 6.07) is 9.82. The summed E-state index contributed by atoms with van der Waals surface area (Å²) in [5.41, 5.74) is 4.85. The van der Waals surface area contributed by atoms with E-state index < -0.39 is 5.97 Å². The Bertz CT molecular complexity index is 1170. The van der Waals surface area contributed by atoms with Crippen molar-refractivity contribution in [1.82, 2.24) is 0 Å². The van der Waals surface area contributed by atoms with E-state index in [1.54, 1.807) is 36.4 Å². The summed E-state index contributed by atoms with van der Waals surface area (Å²) in [7, 11) is 0. The molecule has 32 heavy (non-hydrogen) atoms. The summed E-state index contributed by atoms with van der Waals surface area (Å²) in [4.78, 5) is 12.5. The van der Waals surface area contributed by atoms with Gasteiger partial charge in [-0.2, -0.15) is 0 Å². The Balaban J connectivity index is 1.97. The van der Waals surface area contributed by atoms with Crippen LogP contribution in [0.4, 0.5) is 0 Å². The zero-order valence-electron chi connectivity index (χ0n) is 18.8. The molecule has 0 aromatic heterocycles. The van der Waals surface area contributed by atoms with Gasteiger partial charge in [-0.3, -0.25) is 0 Å². The summed E-state index contributed by atoms with van der Waals surface area (Å²) in [6.07, 6.45) is 6.63. The molecule has 3 N–H and O–H groups in total. The molecule has 1 aliphatic rings. The van der Waals surface area contributed by atoms with E-state index in [0.29, 0.717) is 29.5 Å². The Morgan fingerprint density at radius 3 is 2.00 bits per heavy atom. The molecular weight excluding hydrogens is 404 g/mol. The molecule has 5 nitrogen and oxygen atoms in total. The molecule has 0 saturated carbocycles. The van der Waals surface area contributed by atoms with E-state index in [4.69, 9.17) is 4.74 Å². The van der Waals surface area contributed by atoms with Gasteiger partial charge in [0, 0.05) is 0 Å². The summed E-state index contributed by atoms with van der Waals surface area (Å²) in [5, 5.41) is 31.0. The van der Waals surface area contributed by atoms with Crippen LogP contribution in [0.1, 0.15) is 49.9 Å². The number of phenolic OH excluding ortho intramolecular Hbond substituents is 2. The fraction of sp³-hybridized carbons (Fsp3) is 0.222. The minimum Gasteiger partial charge on any atom is -0.508 e. The molecule has 0 atom stereocenters. The normalized spacial score (nSPS) is 14.5. The summed E-state index contributed by atoms with van der Waals surface area (Å²) >= 11 is 0. The van der Waals surface area contributed by atoms with Crippen molar-refractivity contribution in [2.24, 2.45) is 0 Å². The molecule has 0 fully saturated rings. The highest BCUT2D eigenvalue weighted by Gasteiger charge is 2.31. The van der Waals surface area contributed by atoms with Gasteiger partial charge in [0.25, 0.3) is 0 Å². The topological polar surface area (TPSA) is 87.0 Å². The van der Waals surface area contributed by atoms with Crippen LogP contribution in [0.5, 0.6) is 11.5 Å². The van der Waals surface area contributed by atoms with Crippen molar-refractivity contribution < 1.29 is 24.9 Å². The molecule has 0 radical (unpaired) electrons. The SMILES string of the molecule is CC(C)=CCc1cc(/C=C2/OC(=O)C(c3ccc(O)c(CC=C(C)C)c3)=C2O)ccc1O. The Kier molecular flexibility index (Phi) is 6.89. The van der Waals surface area contributed by atoms with Gasteiger partial charge in [-0.05, 0) is 93.1 Å². The Hall–Kier alpha value is -3.73. The number of carbonyl (C=O) groups excluding carboxylic acids is 1. The molecule has 1 heterocycles. The highest BCUT2D eigenvalue weighted by Crippen LogP contribution is 2.35. The Labute approximate surface area is 188 Å². The van der Waals surface area contributed by atoms with Crippen LogP contribution in [-0.2, 0) is 22.4 Å². The molecule has 3 rings (SSSR count). The largest absolute Gasteiger partial charge is 0.508 e. The van der Waals surface area contributed by atoms with Gasteiger partial charge in [-0.25, -0.2) is 4.79 Å². The standard InChI is InChI=1S/C27H28O5/c1-16(2)5-8-19-13-18(7-11-22(19)28)14-24-26(30)25(27(31)32-24)21-10-12-23(29)20(15-21)9-6-17(3)4/h5-7,10-15,28-30H,8-9H2,1-4H3/b24-14+. The van der Waals surface area contributed by atoms with Crippen molar-refractivity contribution in [2.45, 2.75) is 40.5 Å². The van der Waals surface area contributed by atoms with Crippen molar-refractivity contribution in [3.8, 4) is 11.5 Å². The first kappa shape index (κ1) is 22.9.